The Morgan fingerprint density at radius 3 is 2.67 bits per heavy atom. The molecule has 8 heteroatoms. The third kappa shape index (κ3) is 3.56. The van der Waals surface area contributed by atoms with Crippen LogP contribution in [0, 0.1) is 0 Å². The molecular weight excluding hydrogens is 362 g/mol. The van der Waals surface area contributed by atoms with E-state index in [2.05, 4.69) is 27.4 Å². The van der Waals surface area contributed by atoms with Gasteiger partial charge in [0.05, 0.1) is 16.5 Å². The summed E-state index contributed by atoms with van der Waals surface area (Å²) in [4.78, 5) is 30.9. The fourth-order valence-electron chi connectivity index (χ4n) is 2.64. The summed E-state index contributed by atoms with van der Waals surface area (Å²) < 4.78 is 2.76. The first-order valence-corrected chi connectivity index (χ1v) is 8.98. The number of fused-ring (bicyclic) bond motifs is 1. The normalized spacial score (nSPS) is 10.8. The first-order chi connectivity index (χ1) is 13.1. The van der Waals surface area contributed by atoms with Gasteiger partial charge in [0.25, 0.3) is 11.7 Å². The summed E-state index contributed by atoms with van der Waals surface area (Å²) in [7, 11) is 0. The number of carbonyl (C=O) groups is 2. The zero-order valence-electron chi connectivity index (χ0n) is 14.1. The Morgan fingerprint density at radius 1 is 1.15 bits per heavy atom. The molecule has 2 aromatic carbocycles. The molecule has 7 nitrogen and oxygen atoms in total. The van der Waals surface area contributed by atoms with Gasteiger partial charge in [0.15, 0.2) is 5.01 Å². The molecule has 0 spiro atoms. The molecule has 0 aliphatic rings. The summed E-state index contributed by atoms with van der Waals surface area (Å²) in [6.45, 7) is 0.654. The molecule has 0 atom stereocenters. The number of thiazole rings is 1. The van der Waals surface area contributed by atoms with Crippen molar-refractivity contribution in [2.24, 2.45) is 5.73 Å². The summed E-state index contributed by atoms with van der Waals surface area (Å²) >= 11 is 1.16. The summed E-state index contributed by atoms with van der Waals surface area (Å²) in [5, 5.41) is 3.47. The number of aromatic nitrogens is 3. The van der Waals surface area contributed by atoms with Crippen LogP contribution in [0.5, 0.6) is 0 Å². The maximum absolute atomic E-state index is 11.7. The quantitative estimate of drug-likeness (QED) is 0.397. The lowest BCUT2D eigenvalue weighted by Gasteiger charge is -2.08. The van der Waals surface area contributed by atoms with E-state index in [1.807, 2.05) is 41.1 Å². The zero-order chi connectivity index (χ0) is 18.8. The number of nitrogens with one attached hydrogen (secondary N) is 1. The number of nitrogens with two attached hydrogens (primary N) is 1. The van der Waals surface area contributed by atoms with Crippen LogP contribution in [0.25, 0.3) is 15.9 Å². The van der Waals surface area contributed by atoms with Crippen molar-refractivity contribution in [1.29, 1.82) is 0 Å². The smallest absolute Gasteiger partial charge is 0.292 e. The topological polar surface area (TPSA) is 103 Å². The Bertz CT molecular complexity index is 1120. The fraction of sp³-hybridized carbons (Fsp3) is 0.0526. The molecule has 0 saturated heterocycles. The highest BCUT2D eigenvalue weighted by molar-refractivity contribution is 7.21. The van der Waals surface area contributed by atoms with Gasteiger partial charge < -0.3 is 15.6 Å². The molecular formula is C19H15N5O2S. The van der Waals surface area contributed by atoms with E-state index in [1.54, 1.807) is 12.5 Å². The molecule has 0 radical (unpaired) electrons. The molecule has 4 rings (SSSR count). The highest BCUT2D eigenvalue weighted by atomic mass is 32.1. The van der Waals surface area contributed by atoms with Crippen LogP contribution in [-0.4, -0.2) is 26.2 Å². The van der Waals surface area contributed by atoms with Crippen molar-refractivity contribution in [3.05, 3.63) is 71.8 Å². The largest absolute Gasteiger partial charge is 0.381 e. The Hall–Kier alpha value is -3.52. The van der Waals surface area contributed by atoms with E-state index >= 15 is 0 Å². The Balaban J connectivity index is 1.47. The highest BCUT2D eigenvalue weighted by Crippen LogP contribution is 2.26. The molecule has 0 saturated carbocycles. The van der Waals surface area contributed by atoms with Crippen molar-refractivity contribution in [2.75, 3.05) is 5.32 Å². The van der Waals surface area contributed by atoms with Gasteiger partial charge in [-0.05, 0) is 35.9 Å². The standard InChI is InChI=1S/C19H15N5O2S/c20-18(26)17(25)19-23-15-6-3-13(9-16(15)27-19)22-10-12-1-4-14(5-2-12)24-8-7-21-11-24/h1-9,11,22H,10H2,(H2,20,26). The van der Waals surface area contributed by atoms with E-state index < -0.39 is 11.7 Å². The number of hydrogen-bond donors (Lipinski definition) is 2. The number of ketones is 1. The fourth-order valence-corrected chi connectivity index (χ4v) is 3.59. The van der Waals surface area contributed by atoms with Crippen molar-refractivity contribution in [3.63, 3.8) is 0 Å². The van der Waals surface area contributed by atoms with Crippen LogP contribution < -0.4 is 11.1 Å². The minimum Gasteiger partial charge on any atom is -0.381 e. The van der Waals surface area contributed by atoms with Crippen LogP contribution in [0.1, 0.15) is 15.4 Å². The molecule has 2 aromatic heterocycles. The Morgan fingerprint density at radius 2 is 1.96 bits per heavy atom. The van der Waals surface area contributed by atoms with Gasteiger partial charge in [-0.1, -0.05) is 12.1 Å². The molecule has 2 heterocycles. The molecule has 134 valence electrons. The molecule has 4 aromatic rings. The van der Waals surface area contributed by atoms with Crippen molar-refractivity contribution < 1.29 is 9.59 Å². The van der Waals surface area contributed by atoms with Crippen LogP contribution >= 0.6 is 11.3 Å². The average molecular weight is 377 g/mol. The minimum absolute atomic E-state index is 0.116. The lowest BCUT2D eigenvalue weighted by Crippen LogP contribution is -2.22. The van der Waals surface area contributed by atoms with Crippen LogP contribution in [-0.2, 0) is 11.3 Å². The van der Waals surface area contributed by atoms with Crippen LogP contribution in [0.4, 0.5) is 5.69 Å². The summed E-state index contributed by atoms with van der Waals surface area (Å²) in [6, 6.07) is 13.8. The number of nitrogens with zero attached hydrogens (tertiary/aromatic N) is 3. The number of rotatable bonds is 6. The molecule has 3 N–H and O–H groups in total. The molecule has 0 unspecified atom stereocenters. The van der Waals surface area contributed by atoms with Crippen LogP contribution in [0.3, 0.4) is 0 Å². The van der Waals surface area contributed by atoms with Crippen LogP contribution in [0.15, 0.2) is 61.2 Å². The second-order valence-corrected chi connectivity index (χ2v) is 6.92. The second-order valence-electron chi connectivity index (χ2n) is 5.88. The number of primary amides is 1. The number of carbonyl (C=O) groups excluding carboxylic acids is 2. The molecule has 27 heavy (non-hydrogen) atoms. The highest BCUT2D eigenvalue weighted by Gasteiger charge is 2.17. The molecule has 0 aliphatic heterocycles. The van der Waals surface area contributed by atoms with E-state index in [1.165, 1.54) is 0 Å². The summed E-state index contributed by atoms with van der Waals surface area (Å²) in [5.74, 6) is -1.75. The predicted molar refractivity (Wildman–Crippen MR) is 104 cm³/mol. The first-order valence-electron chi connectivity index (χ1n) is 8.16. The molecule has 1 amide bonds. The van der Waals surface area contributed by atoms with Crippen molar-refractivity contribution in [3.8, 4) is 5.69 Å². The van der Waals surface area contributed by atoms with Crippen molar-refractivity contribution in [2.45, 2.75) is 6.54 Å². The number of Topliss-reactive ketones (excluding diaryl/α,β-unsaturated/α-hetero) is 1. The number of anilines is 1. The number of hydrogen-bond acceptors (Lipinski definition) is 6. The van der Waals surface area contributed by atoms with Crippen molar-refractivity contribution >= 4 is 38.9 Å². The number of imidazole rings is 1. The summed E-state index contributed by atoms with van der Waals surface area (Å²) in [5.41, 5.74) is 8.79. The lowest BCUT2D eigenvalue weighted by atomic mass is 10.2. The summed E-state index contributed by atoms with van der Waals surface area (Å²) in [6.07, 6.45) is 5.40. The predicted octanol–water partition coefficient (Wildman–Crippen LogP) is 2.76. The third-order valence-electron chi connectivity index (χ3n) is 4.04. The number of amides is 1. The van der Waals surface area contributed by atoms with Crippen molar-refractivity contribution in [1.82, 2.24) is 14.5 Å². The maximum Gasteiger partial charge on any atom is 0.292 e. The van der Waals surface area contributed by atoms with E-state index in [4.69, 9.17) is 5.73 Å². The minimum atomic E-state index is -0.994. The third-order valence-corrected chi connectivity index (χ3v) is 5.06. The van der Waals surface area contributed by atoms with Gasteiger partial charge in [-0.2, -0.15) is 0 Å². The Labute approximate surface area is 158 Å². The van der Waals surface area contributed by atoms with Gasteiger partial charge in [-0.15, -0.1) is 11.3 Å². The monoisotopic (exact) mass is 377 g/mol. The number of benzene rings is 2. The SMILES string of the molecule is NC(=O)C(=O)c1nc2ccc(NCc3ccc(-n4ccnc4)cc3)cc2s1. The van der Waals surface area contributed by atoms with Gasteiger partial charge in [-0.25, -0.2) is 9.97 Å². The van der Waals surface area contributed by atoms with Gasteiger partial charge in [0.1, 0.15) is 0 Å². The molecule has 0 bridgehead atoms. The van der Waals surface area contributed by atoms with E-state index in [0.717, 1.165) is 33.0 Å². The van der Waals surface area contributed by atoms with Gasteiger partial charge in [0.2, 0.25) is 0 Å². The molecule has 0 fully saturated rings. The van der Waals surface area contributed by atoms with Gasteiger partial charge >= 0.3 is 0 Å². The maximum atomic E-state index is 11.7. The van der Waals surface area contributed by atoms with E-state index in [9.17, 15) is 9.59 Å². The molecule has 0 aliphatic carbocycles. The van der Waals surface area contributed by atoms with E-state index in [-0.39, 0.29) is 5.01 Å². The average Bonchev–Trinajstić information content (AvgIpc) is 3.35. The first kappa shape index (κ1) is 16.9. The van der Waals surface area contributed by atoms with E-state index in [0.29, 0.717) is 12.1 Å². The lowest BCUT2D eigenvalue weighted by molar-refractivity contribution is -0.114. The van der Waals surface area contributed by atoms with Gasteiger partial charge in [-0.3, -0.25) is 9.59 Å². The second kappa shape index (κ2) is 7.00. The van der Waals surface area contributed by atoms with Crippen LogP contribution in [0.2, 0.25) is 0 Å². The zero-order valence-corrected chi connectivity index (χ0v) is 14.9. The Kier molecular flexibility index (Phi) is 4.39. The van der Waals surface area contributed by atoms with Gasteiger partial charge in [0, 0.05) is 30.3 Å².